The molecule has 0 aliphatic rings. The van der Waals surface area contributed by atoms with E-state index < -0.39 is 24.1 Å². The lowest BCUT2D eigenvalue weighted by Crippen LogP contribution is -2.59. The van der Waals surface area contributed by atoms with Crippen LogP contribution in [0.5, 0.6) is 11.5 Å². The number of ether oxygens (including phenoxy) is 4. The number of rotatable bonds is 23. The highest BCUT2D eigenvalue weighted by atomic mass is 32.2. The molecule has 2 heterocycles. The molecule has 6 rings (SSSR count). The molecule has 2 aromatic heterocycles. The first kappa shape index (κ1) is 46.1. The van der Waals surface area contributed by atoms with Crippen LogP contribution in [0.4, 0.5) is 0 Å². The zero-order valence-corrected chi connectivity index (χ0v) is 37.8. The molecule has 0 radical (unpaired) electrons. The van der Waals surface area contributed by atoms with Crippen molar-refractivity contribution < 1.29 is 34.3 Å². The van der Waals surface area contributed by atoms with Gasteiger partial charge in [0.1, 0.15) is 36.9 Å². The molecule has 0 amide bonds. The van der Waals surface area contributed by atoms with Crippen LogP contribution in [0, 0.1) is 13.8 Å². The van der Waals surface area contributed by atoms with Crippen molar-refractivity contribution in [3.8, 4) is 34.0 Å². The molecule has 0 bridgehead atoms. The summed E-state index contributed by atoms with van der Waals surface area (Å²) in [5.41, 5.74) is 8.63. The molecular weight excluding hydrogens is 805 g/mol. The average Bonchev–Trinajstić information content (AvgIpc) is 3.84. The van der Waals surface area contributed by atoms with Crippen molar-refractivity contribution in [1.29, 1.82) is 0 Å². The van der Waals surface area contributed by atoms with E-state index >= 15 is 0 Å². The molecule has 11 heteroatoms. The number of aryl methyl sites for hydroxylation is 2. The Bertz CT molecular complexity index is 2230. The predicted octanol–water partition coefficient (Wildman–Crippen LogP) is 9.48. The Morgan fingerprint density at radius 3 is 1.39 bits per heavy atom. The Morgan fingerprint density at radius 2 is 0.984 bits per heavy atom. The fraction of sp³-hybridized carbons (Fsp3) is 0.360. The first-order chi connectivity index (χ1) is 29.5. The molecule has 61 heavy (non-hydrogen) atoms. The van der Waals surface area contributed by atoms with Gasteiger partial charge in [-0.15, -0.1) is 23.5 Å². The average molecular weight is 865 g/mol. The van der Waals surface area contributed by atoms with Gasteiger partial charge in [-0.25, -0.2) is 0 Å². The van der Waals surface area contributed by atoms with E-state index in [1.807, 2.05) is 55.5 Å². The van der Waals surface area contributed by atoms with E-state index in [1.54, 1.807) is 30.4 Å². The van der Waals surface area contributed by atoms with Gasteiger partial charge in [0.05, 0.1) is 19.2 Å². The maximum atomic E-state index is 11.5. The van der Waals surface area contributed by atoms with E-state index in [9.17, 15) is 15.3 Å². The molecule has 0 aliphatic carbocycles. The predicted molar refractivity (Wildman–Crippen MR) is 248 cm³/mol. The van der Waals surface area contributed by atoms with Crippen LogP contribution in [0.1, 0.15) is 36.4 Å². The molecule has 0 saturated carbocycles. The van der Waals surface area contributed by atoms with Crippen LogP contribution in [0.2, 0.25) is 0 Å². The summed E-state index contributed by atoms with van der Waals surface area (Å²) in [4.78, 5) is 2.46. The van der Waals surface area contributed by atoms with Crippen LogP contribution in [-0.2, 0) is 35.4 Å². The van der Waals surface area contributed by atoms with Gasteiger partial charge in [0.15, 0.2) is 0 Å². The number of hydrogen-bond acceptors (Lipinski definition) is 9. The Morgan fingerprint density at radius 1 is 0.557 bits per heavy atom. The first-order valence-corrected chi connectivity index (χ1v) is 23.4. The van der Waals surface area contributed by atoms with Gasteiger partial charge in [-0.2, -0.15) is 0 Å². The summed E-state index contributed by atoms with van der Waals surface area (Å²) in [6.45, 7) is 10.6. The number of benzene rings is 4. The van der Waals surface area contributed by atoms with Gasteiger partial charge in [-0.05, 0) is 135 Å². The monoisotopic (exact) mass is 864 g/mol. The van der Waals surface area contributed by atoms with E-state index in [1.165, 1.54) is 21.0 Å². The van der Waals surface area contributed by atoms with Crippen LogP contribution < -0.4 is 9.47 Å². The van der Waals surface area contributed by atoms with Crippen LogP contribution in [0.3, 0.4) is 0 Å². The molecule has 0 aliphatic heterocycles. The minimum Gasteiger partial charge on any atom is -0.492 e. The highest BCUT2D eigenvalue weighted by molar-refractivity contribution is 7.98. The van der Waals surface area contributed by atoms with Crippen LogP contribution in [0.25, 0.3) is 22.5 Å². The molecule has 3 N–H and O–H groups in total. The summed E-state index contributed by atoms with van der Waals surface area (Å²) in [5.74, 6) is -1.18. The Hall–Kier alpha value is -4.46. The maximum Gasteiger partial charge on any atom is 0.219 e. The van der Waals surface area contributed by atoms with E-state index in [0.29, 0.717) is 32.1 Å². The highest BCUT2D eigenvalue weighted by Gasteiger charge is 2.46. The van der Waals surface area contributed by atoms with Crippen LogP contribution in [0.15, 0.2) is 131 Å². The molecular formula is C50H60N2O7S2. The van der Waals surface area contributed by atoms with Crippen molar-refractivity contribution in [2.45, 2.75) is 87.5 Å². The zero-order chi connectivity index (χ0) is 43.4. The number of aromatic nitrogens is 2. The van der Waals surface area contributed by atoms with Gasteiger partial charge in [-0.3, -0.25) is 0 Å². The Labute approximate surface area is 369 Å². The summed E-state index contributed by atoms with van der Waals surface area (Å²) >= 11 is 3.46. The third kappa shape index (κ3) is 11.9. The minimum absolute atomic E-state index is 0.151. The zero-order valence-electron chi connectivity index (χ0n) is 36.1. The van der Waals surface area contributed by atoms with Gasteiger partial charge < -0.3 is 43.4 Å². The third-order valence-electron chi connectivity index (χ3n) is 11.1. The second-order valence-electron chi connectivity index (χ2n) is 15.0. The molecule has 0 spiro atoms. The smallest absolute Gasteiger partial charge is 0.219 e. The Balaban J connectivity index is 1.02. The number of aliphatic hydroxyl groups excluding tert-OH is 1. The normalized spacial score (nSPS) is 13.3. The fourth-order valence-electron chi connectivity index (χ4n) is 7.63. The van der Waals surface area contributed by atoms with E-state index in [0.717, 1.165) is 39.5 Å². The molecule has 4 aromatic carbocycles. The van der Waals surface area contributed by atoms with Crippen molar-refractivity contribution >= 4 is 23.5 Å². The summed E-state index contributed by atoms with van der Waals surface area (Å²) < 4.78 is 28.6. The van der Waals surface area contributed by atoms with E-state index in [-0.39, 0.29) is 26.1 Å². The topological polar surface area (TPSA) is 107 Å². The fourth-order valence-corrected chi connectivity index (χ4v) is 8.45. The van der Waals surface area contributed by atoms with Crippen molar-refractivity contribution in [2.75, 3.05) is 38.9 Å². The number of aliphatic hydroxyl groups is 3. The molecule has 1 unspecified atom stereocenters. The SMILES string of the molecule is CCO[C@@H](Cc1ccc(OCCn2c(C)ccc2-c2ccc(SC)cc2)cc1)C(O)C(O)(O)[C@H](Cc1ccc(OCCn2c(C)ccc2-c2ccc(SC)cc2)cc1)OCC. The standard InChI is InChI=1S/C50H60N2O7S2/c1-7-56-47(33-37-11-19-41(20-12-37)58-31-29-51-35(3)9-27-45(51)39-15-23-43(60-5)24-16-39)49(53)50(54,55)48(57-8-2)34-38-13-21-42(22-14-38)59-32-30-52-36(4)10-28-46(52)40-17-25-44(61-6)26-18-40/h9-28,47-49,53-55H,7-8,29-34H2,1-6H3/t47-,48-,49?/m0/s1. The van der Waals surface area contributed by atoms with E-state index in [4.69, 9.17) is 18.9 Å². The van der Waals surface area contributed by atoms with Gasteiger partial charge in [0.25, 0.3) is 0 Å². The lowest BCUT2D eigenvalue weighted by atomic mass is 9.91. The quantitative estimate of drug-likeness (QED) is 0.0429. The van der Waals surface area contributed by atoms with Crippen LogP contribution >= 0.6 is 23.5 Å². The summed E-state index contributed by atoms with van der Waals surface area (Å²) in [6, 6.07) is 40.9. The minimum atomic E-state index is -2.61. The molecule has 9 nitrogen and oxygen atoms in total. The van der Waals surface area contributed by atoms with Gasteiger partial charge in [0, 0.05) is 58.6 Å². The van der Waals surface area contributed by atoms with Crippen molar-refractivity contribution in [3.63, 3.8) is 0 Å². The molecule has 0 fully saturated rings. The van der Waals surface area contributed by atoms with Crippen LogP contribution in [-0.4, -0.2) is 87.5 Å². The van der Waals surface area contributed by atoms with Crippen molar-refractivity contribution in [2.24, 2.45) is 0 Å². The number of hydrogen-bond donors (Lipinski definition) is 3. The van der Waals surface area contributed by atoms with Gasteiger partial charge >= 0.3 is 0 Å². The largest absolute Gasteiger partial charge is 0.492 e. The molecule has 324 valence electrons. The highest BCUT2D eigenvalue weighted by Crippen LogP contribution is 2.29. The maximum absolute atomic E-state index is 11.5. The van der Waals surface area contributed by atoms with Gasteiger partial charge in [-0.1, -0.05) is 48.5 Å². The van der Waals surface area contributed by atoms with Crippen molar-refractivity contribution in [3.05, 3.63) is 144 Å². The second-order valence-corrected chi connectivity index (χ2v) is 16.8. The lowest BCUT2D eigenvalue weighted by molar-refractivity contribution is -0.301. The van der Waals surface area contributed by atoms with Crippen molar-refractivity contribution in [1.82, 2.24) is 9.13 Å². The van der Waals surface area contributed by atoms with Gasteiger partial charge in [0.2, 0.25) is 5.79 Å². The first-order valence-electron chi connectivity index (χ1n) is 20.9. The summed E-state index contributed by atoms with van der Waals surface area (Å²) in [7, 11) is 0. The third-order valence-corrected chi connectivity index (χ3v) is 12.5. The molecule has 0 saturated heterocycles. The van der Waals surface area contributed by atoms with E-state index in [2.05, 4.69) is 108 Å². The number of nitrogens with zero attached hydrogens (tertiary/aromatic N) is 2. The lowest BCUT2D eigenvalue weighted by Gasteiger charge is -2.38. The Kier molecular flexibility index (Phi) is 16.7. The second kappa shape index (κ2) is 22.1. The summed E-state index contributed by atoms with van der Waals surface area (Å²) in [5, 5.41) is 34.6. The summed E-state index contributed by atoms with van der Waals surface area (Å²) in [6.07, 6.45) is 0.852. The molecule has 6 aromatic rings. The number of thioether (sulfide) groups is 2. The molecule has 3 atom stereocenters.